The van der Waals surface area contributed by atoms with Gasteiger partial charge in [-0.1, -0.05) is 60.7 Å². The Bertz CT molecular complexity index is 1540. The minimum absolute atomic E-state index is 0.383. The van der Waals surface area contributed by atoms with Crippen molar-refractivity contribution in [1.82, 2.24) is 0 Å². The smallest absolute Gasteiger partial charge is 0.496 e. The van der Waals surface area contributed by atoms with Gasteiger partial charge < -0.3 is 18.5 Å². The number of aryl methyl sites for hydroxylation is 2. The topological polar surface area (TPSA) is 74.2 Å². The van der Waals surface area contributed by atoms with Gasteiger partial charge in [0.1, 0.15) is 23.0 Å². The number of benzene rings is 4. The van der Waals surface area contributed by atoms with Gasteiger partial charge in [-0.25, -0.2) is 4.57 Å². The second-order valence-electron chi connectivity index (χ2n) is 10.1. The highest BCUT2D eigenvalue weighted by molar-refractivity contribution is 7.48. The zero-order valence-corrected chi connectivity index (χ0v) is 22.1. The first-order valence-electron chi connectivity index (χ1n) is 12.8. The number of ether oxygens (including phenoxy) is 2. The second-order valence-corrected chi connectivity index (χ2v) is 11.4. The second kappa shape index (κ2) is 8.39. The highest BCUT2D eigenvalue weighted by atomic mass is 31.2. The minimum Gasteiger partial charge on any atom is -0.496 e. The number of phosphoric acid groups is 1. The summed E-state index contributed by atoms with van der Waals surface area (Å²) in [6.07, 6.45) is 3.46. The summed E-state index contributed by atoms with van der Waals surface area (Å²) in [5.74, 6) is 2.16. The molecule has 4 aromatic rings. The van der Waals surface area contributed by atoms with Crippen molar-refractivity contribution in [2.75, 3.05) is 14.2 Å². The summed E-state index contributed by atoms with van der Waals surface area (Å²) in [5.41, 5.74) is 6.94. The molecule has 192 valence electrons. The average molecular weight is 527 g/mol. The summed E-state index contributed by atoms with van der Waals surface area (Å²) in [6, 6.07) is 23.5. The molecule has 0 amide bonds. The van der Waals surface area contributed by atoms with E-state index in [0.717, 1.165) is 70.2 Å². The van der Waals surface area contributed by atoms with Crippen LogP contribution in [0.15, 0.2) is 72.8 Å². The first-order chi connectivity index (χ1) is 18.5. The maximum absolute atomic E-state index is 13.7. The van der Waals surface area contributed by atoms with Crippen LogP contribution in [0.5, 0.6) is 23.0 Å². The summed E-state index contributed by atoms with van der Waals surface area (Å²) in [4.78, 5) is 11.2. The van der Waals surface area contributed by atoms with E-state index in [9.17, 15) is 9.46 Å². The van der Waals surface area contributed by atoms with Crippen LogP contribution in [-0.4, -0.2) is 19.1 Å². The van der Waals surface area contributed by atoms with Gasteiger partial charge in [-0.05, 0) is 48.9 Å². The molecule has 7 heteroatoms. The third-order valence-electron chi connectivity index (χ3n) is 8.29. The molecule has 0 fully saturated rings. The molecule has 4 aromatic carbocycles. The fourth-order valence-corrected chi connectivity index (χ4v) is 7.63. The van der Waals surface area contributed by atoms with Gasteiger partial charge in [0.05, 0.1) is 14.2 Å². The van der Waals surface area contributed by atoms with Crippen LogP contribution in [0.2, 0.25) is 0 Å². The van der Waals surface area contributed by atoms with E-state index in [1.54, 1.807) is 14.2 Å². The van der Waals surface area contributed by atoms with E-state index in [1.165, 1.54) is 0 Å². The third-order valence-corrected chi connectivity index (χ3v) is 9.12. The van der Waals surface area contributed by atoms with E-state index < -0.39 is 7.82 Å². The van der Waals surface area contributed by atoms with E-state index in [1.807, 2.05) is 60.7 Å². The highest BCUT2D eigenvalue weighted by Gasteiger charge is 2.52. The Morgan fingerprint density at radius 2 is 1.13 bits per heavy atom. The van der Waals surface area contributed by atoms with E-state index in [4.69, 9.17) is 18.5 Å². The lowest BCUT2D eigenvalue weighted by Gasteiger charge is -2.34. The number of phosphoric ester groups is 1. The maximum Gasteiger partial charge on any atom is 0.584 e. The van der Waals surface area contributed by atoms with Crippen LogP contribution in [0.4, 0.5) is 0 Å². The van der Waals surface area contributed by atoms with Crippen LogP contribution in [-0.2, 0) is 22.8 Å². The monoisotopic (exact) mass is 526 g/mol. The van der Waals surface area contributed by atoms with Gasteiger partial charge in [0, 0.05) is 38.8 Å². The predicted octanol–water partition coefficient (Wildman–Crippen LogP) is 7.09. The summed E-state index contributed by atoms with van der Waals surface area (Å²) < 4.78 is 37.1. The van der Waals surface area contributed by atoms with Crippen molar-refractivity contribution in [3.63, 3.8) is 0 Å². The summed E-state index contributed by atoms with van der Waals surface area (Å²) in [5, 5.41) is 0. The van der Waals surface area contributed by atoms with Gasteiger partial charge in [0.25, 0.3) is 0 Å². The molecule has 1 aliphatic heterocycles. The molecular weight excluding hydrogens is 499 g/mol. The molecule has 0 atom stereocenters. The standard InChI is InChI=1S/C31H27O6P/c1-34-25-9-5-3-7-21(25)23-13-11-19-15-17-31-18-16-20-12-14-24(22-8-4-6-10-26(22)35-2)30(28(20)31)37-38(32,33)36-29(23)27(19)31/h3-14H,15-18H2,1-2H3,(H,32,33). The van der Waals surface area contributed by atoms with Crippen molar-refractivity contribution < 1.29 is 28.0 Å². The van der Waals surface area contributed by atoms with E-state index in [0.29, 0.717) is 23.0 Å². The quantitative estimate of drug-likeness (QED) is 0.286. The first kappa shape index (κ1) is 23.4. The van der Waals surface area contributed by atoms with Gasteiger partial charge in [-0.3, -0.25) is 4.89 Å². The van der Waals surface area contributed by atoms with Crippen molar-refractivity contribution in [3.05, 3.63) is 95.1 Å². The largest absolute Gasteiger partial charge is 0.584 e. The zero-order valence-electron chi connectivity index (χ0n) is 21.2. The SMILES string of the molecule is COc1ccccc1-c1ccc2c3c1OP(=O)(O)Oc1c(-c4ccccc4OC)ccc4c1C3(CC2)CC4. The average Bonchev–Trinajstić information content (AvgIpc) is 3.49. The molecule has 38 heavy (non-hydrogen) atoms. The Balaban J connectivity index is 1.55. The molecule has 0 unspecified atom stereocenters. The lowest BCUT2D eigenvalue weighted by atomic mass is 9.74. The molecule has 1 N–H and O–H groups in total. The van der Waals surface area contributed by atoms with Crippen molar-refractivity contribution in [2.24, 2.45) is 0 Å². The lowest BCUT2D eigenvalue weighted by molar-refractivity contribution is 0.281. The van der Waals surface area contributed by atoms with Crippen LogP contribution in [0.3, 0.4) is 0 Å². The summed E-state index contributed by atoms with van der Waals surface area (Å²) >= 11 is 0. The number of hydrogen-bond acceptors (Lipinski definition) is 5. The molecule has 0 aromatic heterocycles. The normalized spacial score (nSPS) is 17.3. The van der Waals surface area contributed by atoms with E-state index >= 15 is 0 Å². The predicted molar refractivity (Wildman–Crippen MR) is 145 cm³/mol. The van der Waals surface area contributed by atoms with Gasteiger partial charge in [0.2, 0.25) is 0 Å². The van der Waals surface area contributed by atoms with Gasteiger partial charge in [-0.2, -0.15) is 0 Å². The van der Waals surface area contributed by atoms with E-state index in [2.05, 4.69) is 12.1 Å². The number of hydrogen-bond donors (Lipinski definition) is 1. The fourth-order valence-electron chi connectivity index (χ4n) is 6.76. The zero-order chi connectivity index (χ0) is 26.1. The highest BCUT2D eigenvalue weighted by Crippen LogP contribution is 2.65. The molecule has 0 bridgehead atoms. The third kappa shape index (κ3) is 3.27. The molecule has 3 aliphatic rings. The van der Waals surface area contributed by atoms with Gasteiger partial charge in [-0.15, -0.1) is 0 Å². The van der Waals surface area contributed by atoms with E-state index in [-0.39, 0.29) is 5.41 Å². The van der Waals surface area contributed by atoms with Crippen molar-refractivity contribution in [1.29, 1.82) is 0 Å². The molecule has 0 saturated heterocycles. The van der Waals surface area contributed by atoms with Crippen LogP contribution >= 0.6 is 7.82 Å². The minimum atomic E-state index is -4.59. The fraction of sp³-hybridized carbons (Fsp3) is 0.226. The summed E-state index contributed by atoms with van der Waals surface area (Å²) in [6.45, 7) is 0. The molecular formula is C31H27O6P. The Kier molecular flexibility index (Phi) is 5.16. The molecule has 6 nitrogen and oxygen atoms in total. The summed E-state index contributed by atoms with van der Waals surface area (Å²) in [7, 11) is -1.34. The van der Waals surface area contributed by atoms with Crippen molar-refractivity contribution in [3.8, 4) is 45.3 Å². The molecule has 1 spiro atoms. The molecule has 1 heterocycles. The number of methoxy groups -OCH3 is 2. The molecule has 0 radical (unpaired) electrons. The Hall–Kier alpha value is -3.73. The molecule has 2 aliphatic carbocycles. The van der Waals surface area contributed by atoms with Crippen LogP contribution in [0.1, 0.15) is 35.1 Å². The number of rotatable bonds is 4. The van der Waals surface area contributed by atoms with Crippen LogP contribution in [0.25, 0.3) is 22.3 Å². The van der Waals surface area contributed by atoms with Crippen molar-refractivity contribution >= 4 is 7.82 Å². The number of para-hydroxylation sites is 2. The van der Waals surface area contributed by atoms with Gasteiger partial charge in [0.15, 0.2) is 0 Å². The Morgan fingerprint density at radius 3 is 1.58 bits per heavy atom. The first-order valence-corrected chi connectivity index (χ1v) is 14.3. The van der Waals surface area contributed by atoms with Crippen LogP contribution < -0.4 is 18.5 Å². The Labute approximate surface area is 221 Å². The molecule has 7 rings (SSSR count). The maximum atomic E-state index is 13.7. The lowest BCUT2D eigenvalue weighted by Crippen LogP contribution is -2.25. The van der Waals surface area contributed by atoms with Crippen molar-refractivity contribution in [2.45, 2.75) is 31.1 Å². The van der Waals surface area contributed by atoms with Crippen LogP contribution in [0, 0.1) is 0 Å². The Morgan fingerprint density at radius 1 is 0.684 bits per heavy atom. The van der Waals surface area contributed by atoms with Gasteiger partial charge >= 0.3 is 7.82 Å². The molecule has 0 saturated carbocycles.